The minimum Gasteiger partial charge on any atom is -0.398 e. The molecule has 0 unspecified atom stereocenters. The fourth-order valence-electron chi connectivity index (χ4n) is 2.34. The van der Waals surface area contributed by atoms with Crippen LogP contribution in [0.15, 0.2) is 22.7 Å². The van der Waals surface area contributed by atoms with E-state index in [9.17, 15) is 4.79 Å². The molecule has 0 saturated carbocycles. The molecule has 0 bridgehead atoms. The third-order valence-corrected chi connectivity index (χ3v) is 3.31. The molecule has 98 valence electrons. The summed E-state index contributed by atoms with van der Waals surface area (Å²) in [7, 11) is 0. The van der Waals surface area contributed by atoms with Gasteiger partial charge in [-0.15, -0.1) is 0 Å². The number of nitrogens with zero attached hydrogens (tertiary/aromatic N) is 3. The molecule has 2 aromatic rings. The van der Waals surface area contributed by atoms with Gasteiger partial charge in [0.15, 0.2) is 0 Å². The summed E-state index contributed by atoms with van der Waals surface area (Å²) < 4.78 is 4.84. The van der Waals surface area contributed by atoms with Crippen LogP contribution in [0.5, 0.6) is 0 Å². The van der Waals surface area contributed by atoms with Crippen molar-refractivity contribution in [3.8, 4) is 0 Å². The smallest absolute Gasteiger partial charge is 0.295 e. The van der Waals surface area contributed by atoms with Crippen LogP contribution in [-0.4, -0.2) is 27.5 Å². The number of amides is 1. The molecule has 0 fully saturated rings. The number of rotatable bonds is 1. The highest BCUT2D eigenvalue weighted by atomic mass is 16.5. The van der Waals surface area contributed by atoms with Crippen molar-refractivity contribution >= 4 is 11.6 Å². The van der Waals surface area contributed by atoms with Gasteiger partial charge in [-0.1, -0.05) is 17.3 Å². The predicted molar refractivity (Wildman–Crippen MR) is 68.3 cm³/mol. The zero-order valence-corrected chi connectivity index (χ0v) is 10.6. The number of aromatic nitrogens is 2. The number of benzene rings is 1. The Labute approximate surface area is 110 Å². The number of hydrogen-bond donors (Lipinski definition) is 1. The molecule has 1 aromatic heterocycles. The van der Waals surface area contributed by atoms with Gasteiger partial charge in [0.2, 0.25) is 5.89 Å². The van der Waals surface area contributed by atoms with Crippen LogP contribution >= 0.6 is 0 Å². The van der Waals surface area contributed by atoms with Crippen molar-refractivity contribution in [2.75, 3.05) is 12.3 Å². The summed E-state index contributed by atoms with van der Waals surface area (Å²) in [5.41, 5.74) is 8.94. The third kappa shape index (κ3) is 2.05. The van der Waals surface area contributed by atoms with Crippen LogP contribution in [0.25, 0.3) is 0 Å². The topological polar surface area (TPSA) is 85.2 Å². The second kappa shape index (κ2) is 4.38. The number of carbonyl (C=O) groups is 1. The Morgan fingerprint density at radius 1 is 1.47 bits per heavy atom. The van der Waals surface area contributed by atoms with Gasteiger partial charge in [0.05, 0.1) is 0 Å². The molecule has 0 saturated heterocycles. The Morgan fingerprint density at radius 2 is 2.32 bits per heavy atom. The molecule has 1 aliphatic heterocycles. The molecule has 0 aliphatic carbocycles. The number of hydrogen-bond acceptors (Lipinski definition) is 5. The van der Waals surface area contributed by atoms with E-state index in [1.807, 2.05) is 18.2 Å². The van der Waals surface area contributed by atoms with Gasteiger partial charge in [-0.25, -0.2) is 0 Å². The largest absolute Gasteiger partial charge is 0.398 e. The molecule has 1 amide bonds. The number of fused-ring (bicyclic) bond motifs is 1. The first-order valence-corrected chi connectivity index (χ1v) is 6.11. The van der Waals surface area contributed by atoms with E-state index in [2.05, 4.69) is 10.1 Å². The van der Waals surface area contributed by atoms with E-state index in [1.165, 1.54) is 0 Å². The summed E-state index contributed by atoms with van der Waals surface area (Å²) in [5.74, 6) is 0.305. The first-order valence-electron chi connectivity index (χ1n) is 6.11. The van der Waals surface area contributed by atoms with E-state index < -0.39 is 0 Å². The fourth-order valence-corrected chi connectivity index (χ4v) is 2.34. The maximum atomic E-state index is 12.2. The van der Waals surface area contributed by atoms with Gasteiger partial charge in [0.25, 0.3) is 11.7 Å². The van der Waals surface area contributed by atoms with Crippen molar-refractivity contribution in [2.45, 2.75) is 19.9 Å². The van der Waals surface area contributed by atoms with E-state index in [0.29, 0.717) is 19.0 Å². The Morgan fingerprint density at radius 3 is 3.05 bits per heavy atom. The van der Waals surface area contributed by atoms with Crippen molar-refractivity contribution < 1.29 is 9.32 Å². The highest BCUT2D eigenvalue weighted by molar-refractivity contribution is 5.90. The molecular weight excluding hydrogens is 244 g/mol. The maximum Gasteiger partial charge on any atom is 0.295 e. The summed E-state index contributed by atoms with van der Waals surface area (Å²) in [6.45, 7) is 2.82. The Balaban J connectivity index is 1.84. The number of anilines is 1. The van der Waals surface area contributed by atoms with Crippen LogP contribution in [0.2, 0.25) is 0 Å². The second-order valence-electron chi connectivity index (χ2n) is 4.60. The quantitative estimate of drug-likeness (QED) is 0.776. The van der Waals surface area contributed by atoms with E-state index in [0.717, 1.165) is 23.2 Å². The van der Waals surface area contributed by atoms with Gasteiger partial charge in [0.1, 0.15) is 0 Å². The SMILES string of the molecule is Cc1nc(C(=O)N2CCc3c(N)cccc3C2)no1. The molecule has 3 rings (SSSR count). The van der Waals surface area contributed by atoms with Crippen molar-refractivity contribution in [1.29, 1.82) is 0 Å². The first-order chi connectivity index (χ1) is 9.15. The highest BCUT2D eigenvalue weighted by Gasteiger charge is 2.25. The lowest BCUT2D eigenvalue weighted by Crippen LogP contribution is -2.36. The van der Waals surface area contributed by atoms with Gasteiger partial charge in [-0.05, 0) is 23.6 Å². The molecule has 0 atom stereocenters. The van der Waals surface area contributed by atoms with Gasteiger partial charge in [-0.2, -0.15) is 4.98 Å². The van der Waals surface area contributed by atoms with Crippen LogP contribution in [-0.2, 0) is 13.0 Å². The zero-order chi connectivity index (χ0) is 13.4. The minimum absolute atomic E-state index is 0.116. The molecule has 1 aromatic carbocycles. The van der Waals surface area contributed by atoms with E-state index >= 15 is 0 Å². The van der Waals surface area contributed by atoms with E-state index in [1.54, 1.807) is 11.8 Å². The van der Waals surface area contributed by atoms with E-state index in [4.69, 9.17) is 10.3 Å². The maximum absolute atomic E-state index is 12.2. The standard InChI is InChI=1S/C13H14N4O2/c1-8-15-12(16-19-8)13(18)17-6-5-10-9(7-17)3-2-4-11(10)14/h2-4H,5-7,14H2,1H3. The van der Waals surface area contributed by atoms with Crippen molar-refractivity contribution in [1.82, 2.24) is 15.0 Å². The van der Waals surface area contributed by atoms with Crippen molar-refractivity contribution in [3.63, 3.8) is 0 Å². The molecule has 2 N–H and O–H groups in total. The Hall–Kier alpha value is -2.37. The lowest BCUT2D eigenvalue weighted by Gasteiger charge is -2.28. The van der Waals surface area contributed by atoms with Gasteiger partial charge in [-0.3, -0.25) is 4.79 Å². The fraction of sp³-hybridized carbons (Fsp3) is 0.308. The molecule has 0 radical (unpaired) electrons. The number of aryl methyl sites for hydroxylation is 1. The molecule has 19 heavy (non-hydrogen) atoms. The number of nitrogen functional groups attached to an aromatic ring is 1. The lowest BCUT2D eigenvalue weighted by atomic mass is 9.98. The monoisotopic (exact) mass is 258 g/mol. The van der Waals surface area contributed by atoms with Gasteiger partial charge >= 0.3 is 0 Å². The normalized spacial score (nSPS) is 14.3. The van der Waals surface area contributed by atoms with Crippen LogP contribution in [0, 0.1) is 6.92 Å². The number of carbonyl (C=O) groups excluding carboxylic acids is 1. The van der Waals surface area contributed by atoms with Crippen molar-refractivity contribution in [3.05, 3.63) is 41.0 Å². The van der Waals surface area contributed by atoms with Gasteiger partial charge < -0.3 is 15.2 Å². The summed E-state index contributed by atoms with van der Waals surface area (Å²) in [6, 6.07) is 5.78. The molecule has 2 heterocycles. The average Bonchev–Trinajstić information content (AvgIpc) is 2.84. The summed E-state index contributed by atoms with van der Waals surface area (Å²) in [5, 5.41) is 3.66. The predicted octanol–water partition coefficient (Wildman–Crippen LogP) is 1.16. The molecule has 6 nitrogen and oxygen atoms in total. The van der Waals surface area contributed by atoms with Crippen molar-refractivity contribution in [2.24, 2.45) is 0 Å². The zero-order valence-electron chi connectivity index (χ0n) is 10.6. The highest BCUT2D eigenvalue weighted by Crippen LogP contribution is 2.24. The van der Waals surface area contributed by atoms with Crippen LogP contribution in [0.3, 0.4) is 0 Å². The molecular formula is C13H14N4O2. The van der Waals surface area contributed by atoms with Gasteiger partial charge in [0, 0.05) is 25.7 Å². The summed E-state index contributed by atoms with van der Waals surface area (Å²) >= 11 is 0. The van der Waals surface area contributed by atoms with Crippen LogP contribution in [0.4, 0.5) is 5.69 Å². The second-order valence-corrected chi connectivity index (χ2v) is 4.60. The average molecular weight is 258 g/mol. The molecule has 1 aliphatic rings. The lowest BCUT2D eigenvalue weighted by molar-refractivity contribution is 0.0719. The Bertz CT molecular complexity index is 635. The Kier molecular flexibility index (Phi) is 2.70. The van der Waals surface area contributed by atoms with Crippen LogP contribution < -0.4 is 5.73 Å². The minimum atomic E-state index is -0.204. The summed E-state index contributed by atoms with van der Waals surface area (Å²) in [6.07, 6.45) is 0.755. The first kappa shape index (κ1) is 11.7. The summed E-state index contributed by atoms with van der Waals surface area (Å²) in [4.78, 5) is 17.9. The molecule has 6 heteroatoms. The molecule has 0 spiro atoms. The van der Waals surface area contributed by atoms with E-state index in [-0.39, 0.29) is 11.7 Å². The third-order valence-electron chi connectivity index (χ3n) is 3.31. The van der Waals surface area contributed by atoms with Crippen LogP contribution in [0.1, 0.15) is 27.6 Å². The number of nitrogens with two attached hydrogens (primary N) is 1.